The molecule has 3 aromatic rings. The Morgan fingerprint density at radius 3 is 2.12 bits per heavy atom. The average Bonchev–Trinajstić information content (AvgIpc) is 2.82. The lowest BCUT2D eigenvalue weighted by molar-refractivity contribution is -0.114. The smallest absolute Gasteiger partial charge is 0.221 e. The van der Waals surface area contributed by atoms with Gasteiger partial charge in [0.15, 0.2) is 0 Å². The molecule has 0 aliphatic heterocycles. The van der Waals surface area contributed by atoms with Crippen LogP contribution in [0.25, 0.3) is 22.3 Å². The van der Waals surface area contributed by atoms with Crippen LogP contribution in [0.2, 0.25) is 0 Å². The molecule has 1 aliphatic carbocycles. The lowest BCUT2D eigenvalue weighted by atomic mass is 9.81. The van der Waals surface area contributed by atoms with E-state index < -0.39 is 0 Å². The van der Waals surface area contributed by atoms with Crippen molar-refractivity contribution >= 4 is 11.6 Å². The number of benzene rings is 3. The van der Waals surface area contributed by atoms with E-state index in [0.717, 1.165) is 5.69 Å². The first-order valence-electron chi connectivity index (χ1n) is 8.59. The van der Waals surface area contributed by atoms with Crippen molar-refractivity contribution in [1.82, 2.24) is 0 Å². The van der Waals surface area contributed by atoms with Crippen molar-refractivity contribution in [3.63, 3.8) is 0 Å². The summed E-state index contributed by atoms with van der Waals surface area (Å²) in [5.41, 5.74) is 8.38. The van der Waals surface area contributed by atoms with E-state index in [2.05, 4.69) is 73.8 Å². The number of hydrogen-bond donors (Lipinski definition) is 1. The van der Waals surface area contributed by atoms with Crippen LogP contribution in [0.5, 0.6) is 0 Å². The molecule has 2 nitrogen and oxygen atoms in total. The van der Waals surface area contributed by atoms with Gasteiger partial charge in [-0.3, -0.25) is 4.79 Å². The number of fused-ring (bicyclic) bond motifs is 3. The van der Waals surface area contributed by atoms with Crippen LogP contribution in [0.4, 0.5) is 5.69 Å². The second kappa shape index (κ2) is 5.59. The number of anilines is 1. The molecule has 0 aromatic heterocycles. The minimum atomic E-state index is -0.0933. The number of carbonyl (C=O) groups is 1. The SMILES string of the molecule is CC(=O)Nc1ccc2c(c1)C(C)(C)c1cc(-c3ccccc3)ccc1-2. The van der Waals surface area contributed by atoms with E-state index in [1.54, 1.807) is 6.92 Å². The van der Waals surface area contributed by atoms with Crippen LogP contribution in [-0.2, 0) is 10.2 Å². The maximum Gasteiger partial charge on any atom is 0.221 e. The molecular formula is C23H21NO. The Kier molecular flexibility index (Phi) is 3.50. The van der Waals surface area contributed by atoms with Crippen LogP contribution >= 0.6 is 0 Å². The summed E-state index contributed by atoms with van der Waals surface area (Å²) < 4.78 is 0. The highest BCUT2D eigenvalue weighted by Gasteiger charge is 2.35. The Bertz CT molecular complexity index is 971. The predicted octanol–water partition coefficient (Wildman–Crippen LogP) is 5.62. The zero-order chi connectivity index (χ0) is 17.6. The van der Waals surface area contributed by atoms with Gasteiger partial charge in [0.05, 0.1) is 0 Å². The number of nitrogens with one attached hydrogen (secondary N) is 1. The van der Waals surface area contributed by atoms with E-state index in [1.807, 2.05) is 12.1 Å². The molecule has 0 saturated carbocycles. The van der Waals surface area contributed by atoms with Crippen molar-refractivity contribution in [2.45, 2.75) is 26.2 Å². The highest BCUT2D eigenvalue weighted by molar-refractivity contribution is 5.91. The van der Waals surface area contributed by atoms with Gasteiger partial charge in [-0.05, 0) is 51.6 Å². The van der Waals surface area contributed by atoms with E-state index in [9.17, 15) is 4.79 Å². The van der Waals surface area contributed by atoms with Gasteiger partial charge in [-0.1, -0.05) is 62.4 Å². The summed E-state index contributed by atoms with van der Waals surface area (Å²) in [5.74, 6) is -0.0420. The van der Waals surface area contributed by atoms with Crippen molar-refractivity contribution in [3.05, 3.63) is 77.9 Å². The first-order chi connectivity index (χ1) is 12.0. The molecule has 1 N–H and O–H groups in total. The Hall–Kier alpha value is -2.87. The summed E-state index contributed by atoms with van der Waals surface area (Å²) >= 11 is 0. The second-order valence-electron chi connectivity index (χ2n) is 7.19. The molecule has 0 spiro atoms. The Balaban J connectivity index is 1.84. The summed E-state index contributed by atoms with van der Waals surface area (Å²) in [6.07, 6.45) is 0. The zero-order valence-electron chi connectivity index (χ0n) is 14.8. The Morgan fingerprint density at radius 1 is 0.800 bits per heavy atom. The summed E-state index contributed by atoms with van der Waals surface area (Å²) in [5, 5.41) is 2.90. The quantitative estimate of drug-likeness (QED) is 0.650. The molecule has 1 aliphatic rings. The highest BCUT2D eigenvalue weighted by Crippen LogP contribution is 2.50. The molecule has 124 valence electrons. The van der Waals surface area contributed by atoms with E-state index in [4.69, 9.17) is 0 Å². The largest absolute Gasteiger partial charge is 0.326 e. The molecule has 4 rings (SSSR count). The van der Waals surface area contributed by atoms with Gasteiger partial charge in [0.2, 0.25) is 5.91 Å². The van der Waals surface area contributed by atoms with Crippen LogP contribution in [0.1, 0.15) is 31.9 Å². The third-order valence-electron chi connectivity index (χ3n) is 5.10. The fraction of sp³-hybridized carbons (Fsp3) is 0.174. The molecule has 0 fully saturated rings. The van der Waals surface area contributed by atoms with E-state index in [-0.39, 0.29) is 11.3 Å². The lowest BCUT2D eigenvalue weighted by Crippen LogP contribution is -2.16. The molecule has 0 atom stereocenters. The van der Waals surface area contributed by atoms with Gasteiger partial charge in [0.1, 0.15) is 0 Å². The van der Waals surface area contributed by atoms with Crippen molar-refractivity contribution in [3.8, 4) is 22.3 Å². The van der Waals surface area contributed by atoms with Crippen molar-refractivity contribution in [2.75, 3.05) is 5.32 Å². The van der Waals surface area contributed by atoms with E-state index >= 15 is 0 Å². The predicted molar refractivity (Wildman–Crippen MR) is 104 cm³/mol. The number of carbonyl (C=O) groups excluding carboxylic acids is 1. The van der Waals surface area contributed by atoms with Crippen LogP contribution in [0.15, 0.2) is 66.7 Å². The van der Waals surface area contributed by atoms with Crippen LogP contribution in [-0.4, -0.2) is 5.91 Å². The van der Waals surface area contributed by atoms with E-state index in [0.29, 0.717) is 0 Å². The highest BCUT2D eigenvalue weighted by atomic mass is 16.1. The maximum atomic E-state index is 11.4. The molecule has 2 heteroatoms. The zero-order valence-corrected chi connectivity index (χ0v) is 14.8. The van der Waals surface area contributed by atoms with Gasteiger partial charge in [-0.2, -0.15) is 0 Å². The first kappa shape index (κ1) is 15.6. The molecule has 0 saturated heterocycles. The molecule has 0 radical (unpaired) electrons. The normalized spacial score (nSPS) is 13.9. The standard InChI is InChI=1S/C23H21NO/c1-15(25)24-18-10-12-20-19-11-9-17(16-7-5-4-6-8-16)13-21(19)23(2,3)22(20)14-18/h4-14H,1-3H3,(H,24,25). The molecule has 0 unspecified atom stereocenters. The van der Waals surface area contributed by atoms with E-state index in [1.165, 1.54) is 33.4 Å². The Morgan fingerprint density at radius 2 is 1.44 bits per heavy atom. The number of rotatable bonds is 2. The van der Waals surface area contributed by atoms with Crippen molar-refractivity contribution in [2.24, 2.45) is 0 Å². The molecule has 1 amide bonds. The number of amides is 1. The maximum absolute atomic E-state index is 11.4. The van der Waals surface area contributed by atoms with Gasteiger partial charge in [0, 0.05) is 18.0 Å². The molecule has 0 heterocycles. The third kappa shape index (κ3) is 2.54. The van der Waals surface area contributed by atoms with Gasteiger partial charge < -0.3 is 5.32 Å². The van der Waals surface area contributed by atoms with Crippen LogP contribution in [0.3, 0.4) is 0 Å². The first-order valence-corrected chi connectivity index (χ1v) is 8.59. The average molecular weight is 327 g/mol. The minimum absolute atomic E-state index is 0.0420. The summed E-state index contributed by atoms with van der Waals surface area (Å²) in [6.45, 7) is 6.05. The monoisotopic (exact) mass is 327 g/mol. The third-order valence-corrected chi connectivity index (χ3v) is 5.10. The van der Waals surface area contributed by atoms with Gasteiger partial charge in [0.25, 0.3) is 0 Å². The molecule has 3 aromatic carbocycles. The van der Waals surface area contributed by atoms with Gasteiger partial charge >= 0.3 is 0 Å². The molecular weight excluding hydrogens is 306 g/mol. The Labute approximate surface area is 148 Å². The summed E-state index contributed by atoms with van der Waals surface area (Å²) in [7, 11) is 0. The van der Waals surface area contributed by atoms with Crippen LogP contribution < -0.4 is 5.32 Å². The van der Waals surface area contributed by atoms with Crippen LogP contribution in [0, 0.1) is 0 Å². The lowest BCUT2D eigenvalue weighted by Gasteiger charge is -2.22. The summed E-state index contributed by atoms with van der Waals surface area (Å²) in [4.78, 5) is 11.4. The molecule has 25 heavy (non-hydrogen) atoms. The summed E-state index contributed by atoms with van der Waals surface area (Å²) in [6, 6.07) is 23.4. The van der Waals surface area contributed by atoms with Crippen molar-refractivity contribution < 1.29 is 4.79 Å². The minimum Gasteiger partial charge on any atom is -0.326 e. The molecule has 0 bridgehead atoms. The second-order valence-corrected chi connectivity index (χ2v) is 7.19. The number of hydrogen-bond acceptors (Lipinski definition) is 1. The topological polar surface area (TPSA) is 29.1 Å². The van der Waals surface area contributed by atoms with Gasteiger partial charge in [-0.25, -0.2) is 0 Å². The van der Waals surface area contributed by atoms with Gasteiger partial charge in [-0.15, -0.1) is 0 Å². The van der Waals surface area contributed by atoms with Crippen molar-refractivity contribution in [1.29, 1.82) is 0 Å². The fourth-order valence-electron chi connectivity index (χ4n) is 3.83. The fourth-order valence-corrected chi connectivity index (χ4v) is 3.83.